The lowest BCUT2D eigenvalue weighted by Gasteiger charge is -2.61. The van der Waals surface area contributed by atoms with Crippen LogP contribution in [0.4, 0.5) is 11.4 Å². The largest absolute Gasteiger partial charge is 0.335 e. The second-order valence-electron chi connectivity index (χ2n) is 12.5. The van der Waals surface area contributed by atoms with Gasteiger partial charge in [0.05, 0.1) is 0 Å². The number of hydrogen-bond donors (Lipinski definition) is 0. The van der Waals surface area contributed by atoms with Gasteiger partial charge in [-0.15, -0.1) is 0 Å². The smallest absolute Gasteiger partial charge is 0.0459 e. The van der Waals surface area contributed by atoms with Gasteiger partial charge in [-0.05, 0) is 126 Å². The van der Waals surface area contributed by atoms with Crippen molar-refractivity contribution in [3.05, 3.63) is 121 Å². The summed E-state index contributed by atoms with van der Waals surface area (Å²) in [6.07, 6.45) is 8.43. The summed E-state index contributed by atoms with van der Waals surface area (Å²) in [6, 6.07) is 45.0. The van der Waals surface area contributed by atoms with E-state index in [1.165, 1.54) is 82.9 Å². The van der Waals surface area contributed by atoms with E-state index in [1.807, 2.05) is 0 Å². The number of anilines is 2. The first-order valence-corrected chi connectivity index (χ1v) is 14.8. The molecule has 0 atom stereocenters. The molecule has 192 valence electrons. The van der Waals surface area contributed by atoms with Gasteiger partial charge in [0.25, 0.3) is 0 Å². The van der Waals surface area contributed by atoms with E-state index in [2.05, 4.69) is 126 Å². The van der Waals surface area contributed by atoms with Crippen molar-refractivity contribution in [1.29, 1.82) is 0 Å². The minimum Gasteiger partial charge on any atom is -0.335 e. The van der Waals surface area contributed by atoms with Crippen LogP contribution in [-0.2, 0) is 0 Å². The van der Waals surface area contributed by atoms with Gasteiger partial charge in [-0.3, -0.25) is 0 Å². The molecule has 9 rings (SSSR count). The van der Waals surface area contributed by atoms with Crippen molar-refractivity contribution in [2.24, 2.45) is 17.8 Å². The summed E-state index contributed by atoms with van der Waals surface area (Å²) < 4.78 is 0. The predicted octanol–water partition coefficient (Wildman–Crippen LogP) is 10.3. The fraction of sp³-hybridized carbons (Fsp3) is 0.263. The maximum atomic E-state index is 2.75. The highest BCUT2D eigenvalue weighted by molar-refractivity contribution is 5.96. The van der Waals surface area contributed by atoms with Gasteiger partial charge < -0.3 is 4.90 Å². The van der Waals surface area contributed by atoms with Crippen molar-refractivity contribution in [1.82, 2.24) is 0 Å². The van der Waals surface area contributed by atoms with Crippen molar-refractivity contribution < 1.29 is 0 Å². The van der Waals surface area contributed by atoms with E-state index in [0.29, 0.717) is 0 Å². The summed E-state index contributed by atoms with van der Waals surface area (Å²) in [7, 11) is 0. The van der Waals surface area contributed by atoms with E-state index < -0.39 is 0 Å². The maximum absolute atomic E-state index is 2.75. The SMILES string of the molecule is c1ccc(-c2cc3ccccc3cc2-c2ccc(N(c3ccccc3)C34CC5CC(CC(C5)C3)C4)cc2)cc1. The molecule has 4 bridgehead atoms. The minimum atomic E-state index is 0.260. The standard InChI is InChI=1S/C38H35N/c1-3-9-30(10-4-1)36-22-32-11-7-8-12-33(32)23-37(36)31-15-17-35(18-16-31)39(34-13-5-2-6-14-34)38-24-27-19-28(25-38)21-29(20-27)26-38/h1-18,22-23,27-29H,19-21,24-26H2. The Hall–Kier alpha value is -3.84. The molecular formula is C38H35N. The molecule has 39 heavy (non-hydrogen) atoms. The van der Waals surface area contributed by atoms with Gasteiger partial charge in [0.2, 0.25) is 0 Å². The molecule has 0 aliphatic heterocycles. The third-order valence-corrected chi connectivity index (χ3v) is 9.90. The molecule has 0 aromatic heterocycles. The zero-order valence-electron chi connectivity index (χ0n) is 22.5. The lowest BCUT2D eigenvalue weighted by molar-refractivity contribution is 0.000557. The molecule has 0 saturated heterocycles. The van der Waals surface area contributed by atoms with Gasteiger partial charge in [0.15, 0.2) is 0 Å². The topological polar surface area (TPSA) is 3.24 Å². The molecule has 0 radical (unpaired) electrons. The molecule has 0 unspecified atom stereocenters. The molecule has 5 aromatic rings. The summed E-state index contributed by atoms with van der Waals surface area (Å²) in [5.74, 6) is 2.73. The lowest BCUT2D eigenvalue weighted by atomic mass is 9.52. The van der Waals surface area contributed by atoms with Crippen molar-refractivity contribution in [3.63, 3.8) is 0 Å². The molecule has 5 aromatic carbocycles. The number of rotatable bonds is 5. The van der Waals surface area contributed by atoms with E-state index >= 15 is 0 Å². The Morgan fingerprint density at radius 3 is 1.44 bits per heavy atom. The second kappa shape index (κ2) is 9.12. The van der Waals surface area contributed by atoms with Crippen molar-refractivity contribution in [2.45, 2.75) is 44.1 Å². The first-order valence-electron chi connectivity index (χ1n) is 14.8. The third-order valence-electron chi connectivity index (χ3n) is 9.90. The van der Waals surface area contributed by atoms with Gasteiger partial charge in [-0.2, -0.15) is 0 Å². The number of benzene rings is 5. The fourth-order valence-electron chi connectivity index (χ4n) is 8.74. The summed E-state index contributed by atoms with van der Waals surface area (Å²) in [6.45, 7) is 0. The Bertz CT molecular complexity index is 1580. The average molecular weight is 506 g/mol. The quantitative estimate of drug-likeness (QED) is 0.230. The minimum absolute atomic E-state index is 0.260. The molecule has 1 nitrogen and oxygen atoms in total. The normalized spacial score (nSPS) is 25.2. The van der Waals surface area contributed by atoms with E-state index in [9.17, 15) is 0 Å². The van der Waals surface area contributed by atoms with Gasteiger partial charge in [-0.1, -0.05) is 84.9 Å². The Morgan fingerprint density at radius 1 is 0.462 bits per heavy atom. The zero-order chi connectivity index (χ0) is 25.8. The van der Waals surface area contributed by atoms with Gasteiger partial charge in [-0.25, -0.2) is 0 Å². The van der Waals surface area contributed by atoms with Crippen LogP contribution in [0.25, 0.3) is 33.0 Å². The number of nitrogens with zero attached hydrogens (tertiary/aromatic N) is 1. The van der Waals surface area contributed by atoms with Crippen LogP contribution in [0.1, 0.15) is 38.5 Å². The zero-order valence-corrected chi connectivity index (χ0v) is 22.5. The lowest BCUT2D eigenvalue weighted by Crippen LogP contribution is -2.58. The Morgan fingerprint density at radius 2 is 0.897 bits per heavy atom. The van der Waals surface area contributed by atoms with Crippen LogP contribution in [0, 0.1) is 17.8 Å². The predicted molar refractivity (Wildman–Crippen MR) is 164 cm³/mol. The number of fused-ring (bicyclic) bond motifs is 1. The second-order valence-corrected chi connectivity index (χ2v) is 12.5. The highest BCUT2D eigenvalue weighted by Crippen LogP contribution is 2.59. The summed E-state index contributed by atoms with van der Waals surface area (Å²) in [5.41, 5.74) is 8.09. The molecule has 4 saturated carbocycles. The maximum Gasteiger partial charge on any atom is 0.0459 e. The van der Waals surface area contributed by atoms with Gasteiger partial charge >= 0.3 is 0 Å². The highest BCUT2D eigenvalue weighted by Gasteiger charge is 2.54. The van der Waals surface area contributed by atoms with Gasteiger partial charge in [0, 0.05) is 16.9 Å². The molecule has 0 N–H and O–H groups in total. The first-order chi connectivity index (χ1) is 19.2. The van der Waals surface area contributed by atoms with Crippen LogP contribution < -0.4 is 4.90 Å². The molecule has 0 amide bonds. The molecular weight excluding hydrogens is 470 g/mol. The molecule has 0 heterocycles. The summed E-state index contributed by atoms with van der Waals surface area (Å²) in [4.78, 5) is 2.75. The summed E-state index contributed by atoms with van der Waals surface area (Å²) >= 11 is 0. The monoisotopic (exact) mass is 505 g/mol. The van der Waals surface area contributed by atoms with E-state index in [0.717, 1.165) is 17.8 Å². The van der Waals surface area contributed by atoms with Crippen molar-refractivity contribution in [3.8, 4) is 22.3 Å². The van der Waals surface area contributed by atoms with Crippen LogP contribution in [0.3, 0.4) is 0 Å². The van der Waals surface area contributed by atoms with Crippen LogP contribution in [0.15, 0.2) is 121 Å². The van der Waals surface area contributed by atoms with Crippen molar-refractivity contribution in [2.75, 3.05) is 4.90 Å². The van der Waals surface area contributed by atoms with Crippen LogP contribution in [0.2, 0.25) is 0 Å². The van der Waals surface area contributed by atoms with Crippen LogP contribution >= 0.6 is 0 Å². The number of para-hydroxylation sites is 1. The van der Waals surface area contributed by atoms with Crippen LogP contribution in [0.5, 0.6) is 0 Å². The molecule has 4 fully saturated rings. The summed E-state index contributed by atoms with van der Waals surface area (Å²) in [5, 5.41) is 2.57. The highest BCUT2D eigenvalue weighted by atomic mass is 15.2. The third kappa shape index (κ3) is 3.98. The van der Waals surface area contributed by atoms with E-state index in [4.69, 9.17) is 0 Å². The molecule has 4 aliphatic carbocycles. The van der Waals surface area contributed by atoms with E-state index in [-0.39, 0.29) is 5.54 Å². The molecule has 0 spiro atoms. The first kappa shape index (κ1) is 23.1. The van der Waals surface area contributed by atoms with E-state index in [1.54, 1.807) is 0 Å². The number of hydrogen-bond acceptors (Lipinski definition) is 1. The Kier molecular flexibility index (Phi) is 5.40. The molecule has 1 heteroatoms. The Balaban J connectivity index is 1.24. The molecule has 4 aliphatic rings. The average Bonchev–Trinajstić information content (AvgIpc) is 2.97. The Labute approximate surface area is 232 Å². The van der Waals surface area contributed by atoms with Crippen molar-refractivity contribution >= 4 is 22.1 Å². The van der Waals surface area contributed by atoms with Gasteiger partial charge in [0.1, 0.15) is 0 Å². The van der Waals surface area contributed by atoms with Crippen LogP contribution in [-0.4, -0.2) is 5.54 Å². The fourth-order valence-corrected chi connectivity index (χ4v) is 8.74.